The number of piperidine rings is 1. The van der Waals surface area contributed by atoms with Gasteiger partial charge in [0.1, 0.15) is 29.7 Å². The Kier molecular flexibility index (Phi) is 6.45. The minimum Gasteiger partial charge on any atom is -0.462 e. The second kappa shape index (κ2) is 8.66. The molecule has 2 fully saturated rings. The van der Waals surface area contributed by atoms with E-state index in [1.54, 1.807) is 6.07 Å². The lowest BCUT2D eigenvalue weighted by Crippen LogP contribution is -2.73. The minimum absolute atomic E-state index is 0.00594. The Bertz CT molecular complexity index is 692. The summed E-state index contributed by atoms with van der Waals surface area (Å²) < 4.78 is 5.59. The first-order chi connectivity index (χ1) is 13.4. The maximum absolute atomic E-state index is 13.1. The van der Waals surface area contributed by atoms with E-state index in [1.807, 2.05) is 11.0 Å². The molecule has 1 aromatic heterocycles. The Labute approximate surface area is 167 Å². The largest absolute Gasteiger partial charge is 0.462 e. The van der Waals surface area contributed by atoms with Crippen molar-refractivity contribution >= 4 is 11.8 Å². The van der Waals surface area contributed by atoms with Crippen molar-refractivity contribution in [2.75, 3.05) is 19.6 Å². The molecule has 156 valence electrons. The second-order valence-electron chi connectivity index (χ2n) is 8.48. The number of carbonyl (C=O) groups is 2. The molecule has 2 amide bonds. The quantitative estimate of drug-likeness (QED) is 0.741. The zero-order valence-electron chi connectivity index (χ0n) is 17.2. The van der Waals surface area contributed by atoms with Gasteiger partial charge in [-0.3, -0.25) is 14.5 Å². The van der Waals surface area contributed by atoms with Gasteiger partial charge >= 0.3 is 0 Å². The van der Waals surface area contributed by atoms with Gasteiger partial charge in [0, 0.05) is 19.6 Å². The van der Waals surface area contributed by atoms with E-state index in [4.69, 9.17) is 9.52 Å². The number of nitrogens with zero attached hydrogens (tertiary/aromatic N) is 2. The van der Waals surface area contributed by atoms with Crippen molar-refractivity contribution in [3.05, 3.63) is 23.7 Å². The number of amides is 2. The molecule has 3 heterocycles. The highest BCUT2D eigenvalue weighted by Gasteiger charge is 2.53. The molecule has 2 aliphatic rings. The van der Waals surface area contributed by atoms with E-state index in [1.165, 1.54) is 0 Å². The van der Waals surface area contributed by atoms with Gasteiger partial charge in [-0.25, -0.2) is 0 Å². The van der Waals surface area contributed by atoms with Gasteiger partial charge in [-0.2, -0.15) is 0 Å². The van der Waals surface area contributed by atoms with Crippen molar-refractivity contribution in [1.82, 2.24) is 15.1 Å². The van der Waals surface area contributed by atoms with Crippen LogP contribution >= 0.6 is 0 Å². The Morgan fingerprint density at radius 1 is 1.25 bits per heavy atom. The minimum atomic E-state index is -0.726. The number of hydrogen-bond acceptors (Lipinski definition) is 5. The fourth-order valence-corrected chi connectivity index (χ4v) is 4.45. The average Bonchev–Trinajstić information content (AvgIpc) is 3.12. The van der Waals surface area contributed by atoms with Crippen LogP contribution in [0.3, 0.4) is 0 Å². The van der Waals surface area contributed by atoms with E-state index in [0.717, 1.165) is 25.3 Å². The smallest absolute Gasteiger partial charge is 0.246 e. The summed E-state index contributed by atoms with van der Waals surface area (Å²) in [7, 11) is 0. The Hall–Kier alpha value is -1.86. The molecule has 2 saturated heterocycles. The summed E-state index contributed by atoms with van der Waals surface area (Å²) >= 11 is 0. The molecule has 0 radical (unpaired) electrons. The normalized spacial score (nSPS) is 22.9. The number of carbonyl (C=O) groups excluding carboxylic acids is 2. The van der Waals surface area contributed by atoms with Gasteiger partial charge in [0.2, 0.25) is 11.8 Å². The monoisotopic (exact) mass is 391 g/mol. The predicted molar refractivity (Wildman–Crippen MR) is 105 cm³/mol. The molecule has 7 heteroatoms. The van der Waals surface area contributed by atoms with E-state index in [9.17, 15) is 9.59 Å². The highest BCUT2D eigenvalue weighted by molar-refractivity contribution is 6.00. The summed E-state index contributed by atoms with van der Waals surface area (Å²) in [6.07, 6.45) is 2.78. The van der Waals surface area contributed by atoms with Gasteiger partial charge in [0.25, 0.3) is 0 Å². The predicted octanol–water partition coefficient (Wildman–Crippen LogP) is 1.89. The number of likely N-dealkylation sites (tertiary alicyclic amines) is 1. The van der Waals surface area contributed by atoms with E-state index in [2.05, 4.69) is 31.0 Å². The van der Waals surface area contributed by atoms with Gasteiger partial charge in [-0.05, 0) is 43.7 Å². The highest BCUT2D eigenvalue weighted by Crippen LogP contribution is 2.34. The lowest BCUT2D eigenvalue weighted by atomic mass is 9.81. The molecule has 1 unspecified atom stereocenters. The number of piperazine rings is 1. The number of aliphatic hydroxyl groups excluding tert-OH is 1. The average molecular weight is 392 g/mol. The van der Waals surface area contributed by atoms with Crippen LogP contribution in [0.15, 0.2) is 16.5 Å². The van der Waals surface area contributed by atoms with Gasteiger partial charge < -0.3 is 19.7 Å². The van der Waals surface area contributed by atoms with Crippen molar-refractivity contribution in [3.63, 3.8) is 0 Å². The summed E-state index contributed by atoms with van der Waals surface area (Å²) in [5.74, 6) is 1.80. The molecule has 0 aliphatic carbocycles. The maximum atomic E-state index is 13.1. The molecular formula is C21H33N3O4. The zero-order valence-corrected chi connectivity index (χ0v) is 17.2. The topological polar surface area (TPSA) is 86.0 Å². The van der Waals surface area contributed by atoms with Crippen LogP contribution in [0.4, 0.5) is 0 Å². The molecule has 0 aromatic carbocycles. The molecule has 3 rings (SSSR count). The van der Waals surface area contributed by atoms with Crippen LogP contribution in [0.2, 0.25) is 0 Å². The zero-order chi connectivity index (χ0) is 20.3. The number of rotatable bonds is 7. The van der Waals surface area contributed by atoms with E-state index in [0.29, 0.717) is 44.0 Å². The molecule has 1 aromatic rings. The maximum Gasteiger partial charge on any atom is 0.246 e. The standard InChI is InChI=1S/C21H33N3O4/c1-4-9-24-19(26)18(12-15(2)3)22-20(27)21(24)7-10-23(11-8-21)13-16-5-6-17(14-25)28-16/h5-6,15,18,25H,4,7-14H2,1-3H3,(H,22,27). The number of aliphatic hydroxyl groups is 1. The summed E-state index contributed by atoms with van der Waals surface area (Å²) in [5, 5.41) is 12.2. The summed E-state index contributed by atoms with van der Waals surface area (Å²) in [5.41, 5.74) is -0.726. The van der Waals surface area contributed by atoms with Gasteiger partial charge in [-0.1, -0.05) is 20.8 Å². The van der Waals surface area contributed by atoms with E-state index >= 15 is 0 Å². The molecular weight excluding hydrogens is 358 g/mol. The Morgan fingerprint density at radius 2 is 1.93 bits per heavy atom. The summed E-state index contributed by atoms with van der Waals surface area (Å²) in [6.45, 7) is 8.82. The molecule has 1 atom stereocenters. The first kappa shape index (κ1) is 20.9. The van der Waals surface area contributed by atoms with Crippen LogP contribution in [0.1, 0.15) is 58.0 Å². The van der Waals surface area contributed by atoms with Crippen molar-refractivity contribution < 1.29 is 19.1 Å². The van der Waals surface area contributed by atoms with Crippen molar-refractivity contribution in [3.8, 4) is 0 Å². The summed E-state index contributed by atoms with van der Waals surface area (Å²) in [4.78, 5) is 30.4. The van der Waals surface area contributed by atoms with Gasteiger partial charge in [0.15, 0.2) is 0 Å². The molecule has 2 N–H and O–H groups in total. The molecule has 1 spiro atoms. The van der Waals surface area contributed by atoms with E-state index in [-0.39, 0.29) is 18.4 Å². The van der Waals surface area contributed by atoms with Crippen LogP contribution in [-0.4, -0.2) is 57.9 Å². The van der Waals surface area contributed by atoms with Crippen molar-refractivity contribution in [1.29, 1.82) is 0 Å². The highest BCUT2D eigenvalue weighted by atomic mass is 16.4. The summed E-state index contributed by atoms with van der Waals surface area (Å²) in [6, 6.07) is 3.26. The fourth-order valence-electron chi connectivity index (χ4n) is 4.45. The lowest BCUT2D eigenvalue weighted by molar-refractivity contribution is -0.161. The number of nitrogens with one attached hydrogen (secondary N) is 1. The third-order valence-electron chi connectivity index (χ3n) is 5.90. The molecule has 0 bridgehead atoms. The second-order valence-corrected chi connectivity index (χ2v) is 8.48. The van der Waals surface area contributed by atoms with Crippen molar-refractivity contribution in [2.24, 2.45) is 5.92 Å². The fraction of sp³-hybridized carbons (Fsp3) is 0.714. The van der Waals surface area contributed by atoms with Crippen LogP contribution in [0.25, 0.3) is 0 Å². The van der Waals surface area contributed by atoms with Gasteiger partial charge in [-0.15, -0.1) is 0 Å². The molecule has 28 heavy (non-hydrogen) atoms. The number of furan rings is 1. The molecule has 2 aliphatic heterocycles. The van der Waals surface area contributed by atoms with E-state index < -0.39 is 11.6 Å². The lowest BCUT2D eigenvalue weighted by Gasteiger charge is -2.51. The SMILES string of the molecule is CCCN1C(=O)C(CC(C)C)NC(=O)C12CCN(Cc1ccc(CO)o1)CC2. The first-order valence-electron chi connectivity index (χ1n) is 10.4. The van der Waals surface area contributed by atoms with Crippen LogP contribution in [0.5, 0.6) is 0 Å². The third-order valence-corrected chi connectivity index (χ3v) is 5.90. The van der Waals surface area contributed by atoms with Crippen molar-refractivity contribution in [2.45, 2.75) is 71.2 Å². The number of hydrogen-bond donors (Lipinski definition) is 2. The Balaban J connectivity index is 1.70. The van der Waals surface area contributed by atoms with Crippen LogP contribution in [0, 0.1) is 5.92 Å². The Morgan fingerprint density at radius 3 is 2.50 bits per heavy atom. The third kappa shape index (κ3) is 4.10. The van der Waals surface area contributed by atoms with Crippen LogP contribution in [-0.2, 0) is 22.7 Å². The molecule has 7 nitrogen and oxygen atoms in total. The van der Waals surface area contributed by atoms with Crippen LogP contribution < -0.4 is 5.32 Å². The first-order valence-corrected chi connectivity index (χ1v) is 10.4. The molecule has 0 saturated carbocycles. The van der Waals surface area contributed by atoms with Gasteiger partial charge in [0.05, 0.1) is 6.54 Å².